The van der Waals surface area contributed by atoms with Gasteiger partial charge in [-0.25, -0.2) is 4.39 Å². The van der Waals surface area contributed by atoms with Gasteiger partial charge in [0, 0.05) is 7.05 Å². The number of nitrogens with two attached hydrogens (primary N) is 1. The molecule has 1 aromatic carbocycles. The van der Waals surface area contributed by atoms with Crippen LogP contribution in [0.5, 0.6) is 0 Å². The molecule has 0 aromatic heterocycles. The molecule has 6 heteroatoms. The average Bonchev–Trinajstić information content (AvgIpc) is 2.38. The number of hydrogen-bond acceptors (Lipinski definition) is 4. The van der Waals surface area contributed by atoms with Crippen molar-refractivity contribution in [3.63, 3.8) is 0 Å². The van der Waals surface area contributed by atoms with Crippen LogP contribution in [0.4, 0.5) is 4.39 Å². The van der Waals surface area contributed by atoms with E-state index >= 15 is 0 Å². The summed E-state index contributed by atoms with van der Waals surface area (Å²) in [5.74, 6) is -1.20. The van der Waals surface area contributed by atoms with Crippen LogP contribution in [-0.2, 0) is 20.7 Å². The van der Waals surface area contributed by atoms with Crippen LogP contribution < -0.4 is 5.73 Å². The highest BCUT2D eigenvalue weighted by Gasteiger charge is 2.23. The summed E-state index contributed by atoms with van der Waals surface area (Å²) in [6.45, 7) is 5.11. The Morgan fingerprint density at radius 1 is 1.27 bits per heavy atom. The van der Waals surface area contributed by atoms with Crippen molar-refractivity contribution in [1.82, 2.24) is 4.90 Å². The van der Waals surface area contributed by atoms with Crippen LogP contribution in [0.3, 0.4) is 0 Å². The van der Waals surface area contributed by atoms with Crippen molar-refractivity contribution in [1.29, 1.82) is 0 Å². The fraction of sp³-hybridized carbons (Fsp3) is 0.500. The van der Waals surface area contributed by atoms with E-state index in [-0.39, 0.29) is 24.7 Å². The molecule has 1 atom stereocenters. The second-order valence-electron chi connectivity index (χ2n) is 6.22. The van der Waals surface area contributed by atoms with E-state index in [9.17, 15) is 14.0 Å². The minimum atomic E-state index is -0.794. The normalized spacial score (nSPS) is 12.6. The van der Waals surface area contributed by atoms with Gasteiger partial charge in [-0.15, -0.1) is 0 Å². The van der Waals surface area contributed by atoms with Crippen LogP contribution in [0.1, 0.15) is 26.3 Å². The first-order valence-electron chi connectivity index (χ1n) is 7.05. The maximum absolute atomic E-state index is 12.8. The maximum Gasteiger partial charge on any atom is 0.326 e. The third kappa shape index (κ3) is 6.22. The Hall–Kier alpha value is -1.95. The lowest BCUT2D eigenvalue weighted by atomic mass is 10.1. The number of hydrogen-bond donors (Lipinski definition) is 1. The fourth-order valence-corrected chi connectivity index (χ4v) is 1.89. The van der Waals surface area contributed by atoms with Crippen LogP contribution in [0.25, 0.3) is 0 Å². The topological polar surface area (TPSA) is 72.6 Å². The Balaban J connectivity index is 2.54. The van der Waals surface area contributed by atoms with Crippen LogP contribution in [0.15, 0.2) is 24.3 Å². The molecular weight excluding hydrogens is 287 g/mol. The van der Waals surface area contributed by atoms with Crippen molar-refractivity contribution in [2.24, 2.45) is 5.73 Å². The molecule has 0 aliphatic heterocycles. The molecule has 5 nitrogen and oxygen atoms in total. The van der Waals surface area contributed by atoms with Gasteiger partial charge in [0.25, 0.3) is 0 Å². The maximum atomic E-state index is 12.8. The minimum Gasteiger partial charge on any atom is -0.459 e. The molecule has 0 bridgehead atoms. The smallest absolute Gasteiger partial charge is 0.326 e. The number of nitrogens with zero attached hydrogens (tertiary/aromatic N) is 1. The van der Waals surface area contributed by atoms with Gasteiger partial charge in [-0.05, 0) is 44.9 Å². The van der Waals surface area contributed by atoms with Gasteiger partial charge >= 0.3 is 5.97 Å². The standard InChI is InChI=1S/C16H23FN2O3/c1-16(2,3)22-14(20)10-19(4)15(21)13(18)9-11-5-7-12(17)8-6-11/h5-8,13H,9-10,18H2,1-4H3/t13-/m0/s1. The molecular formula is C16H23FN2O3. The molecule has 22 heavy (non-hydrogen) atoms. The summed E-state index contributed by atoms with van der Waals surface area (Å²) in [5.41, 5.74) is 6.01. The van der Waals surface area contributed by atoms with Gasteiger partial charge in [0.2, 0.25) is 5.91 Å². The van der Waals surface area contributed by atoms with Crippen molar-refractivity contribution in [3.8, 4) is 0 Å². The quantitative estimate of drug-likeness (QED) is 0.837. The predicted molar refractivity (Wildman–Crippen MR) is 81.6 cm³/mol. The van der Waals surface area contributed by atoms with E-state index in [1.54, 1.807) is 32.9 Å². The first-order valence-corrected chi connectivity index (χ1v) is 7.05. The average molecular weight is 310 g/mol. The number of rotatable bonds is 5. The largest absolute Gasteiger partial charge is 0.459 e. The van der Waals surface area contributed by atoms with Crippen molar-refractivity contribution in [2.75, 3.05) is 13.6 Å². The van der Waals surface area contributed by atoms with Crippen LogP contribution in [0, 0.1) is 5.82 Å². The summed E-state index contributed by atoms with van der Waals surface area (Å²) >= 11 is 0. The summed E-state index contributed by atoms with van der Waals surface area (Å²) < 4.78 is 18.0. The first-order chi connectivity index (χ1) is 10.1. The Kier molecular flexibility index (Phi) is 6.05. The van der Waals surface area contributed by atoms with E-state index < -0.39 is 17.6 Å². The molecule has 0 unspecified atom stereocenters. The number of carbonyl (C=O) groups is 2. The second-order valence-corrected chi connectivity index (χ2v) is 6.22. The Morgan fingerprint density at radius 3 is 2.32 bits per heavy atom. The number of amides is 1. The Bertz CT molecular complexity index is 523. The highest BCUT2D eigenvalue weighted by molar-refractivity contribution is 5.85. The van der Waals surface area contributed by atoms with Gasteiger partial charge < -0.3 is 15.4 Å². The van der Waals surface area contributed by atoms with Gasteiger partial charge in [0.15, 0.2) is 0 Å². The third-order valence-electron chi connectivity index (χ3n) is 2.85. The van der Waals surface area contributed by atoms with E-state index in [0.29, 0.717) is 0 Å². The number of ether oxygens (including phenoxy) is 1. The zero-order chi connectivity index (χ0) is 16.9. The predicted octanol–water partition coefficient (Wildman–Crippen LogP) is 1.50. The van der Waals surface area contributed by atoms with Crippen molar-refractivity contribution in [3.05, 3.63) is 35.6 Å². The summed E-state index contributed by atoms with van der Waals surface area (Å²) in [4.78, 5) is 25.1. The zero-order valence-corrected chi connectivity index (χ0v) is 13.4. The minimum absolute atomic E-state index is 0.160. The Labute approximate surface area is 130 Å². The molecule has 122 valence electrons. The van der Waals surface area contributed by atoms with Crippen molar-refractivity contribution < 1.29 is 18.7 Å². The molecule has 0 fully saturated rings. The van der Waals surface area contributed by atoms with Crippen LogP contribution in [-0.4, -0.2) is 42.0 Å². The van der Waals surface area contributed by atoms with E-state index in [4.69, 9.17) is 10.5 Å². The van der Waals surface area contributed by atoms with E-state index in [1.807, 2.05) is 0 Å². The molecule has 0 aliphatic carbocycles. The number of carbonyl (C=O) groups excluding carboxylic acids is 2. The lowest BCUT2D eigenvalue weighted by Crippen LogP contribution is -2.45. The molecule has 0 heterocycles. The molecule has 0 spiro atoms. The number of halogens is 1. The molecule has 0 aliphatic rings. The summed E-state index contributed by atoms with van der Waals surface area (Å²) in [5, 5.41) is 0. The summed E-state index contributed by atoms with van der Waals surface area (Å²) in [7, 11) is 1.50. The zero-order valence-electron chi connectivity index (χ0n) is 13.4. The summed E-state index contributed by atoms with van der Waals surface area (Å²) in [6.07, 6.45) is 0.276. The van der Waals surface area contributed by atoms with Gasteiger partial charge in [-0.1, -0.05) is 12.1 Å². The van der Waals surface area contributed by atoms with Gasteiger partial charge in [-0.3, -0.25) is 9.59 Å². The third-order valence-corrected chi connectivity index (χ3v) is 2.85. The van der Waals surface area contributed by atoms with Crippen molar-refractivity contribution >= 4 is 11.9 Å². The molecule has 1 aromatic rings. The highest BCUT2D eigenvalue weighted by atomic mass is 19.1. The SMILES string of the molecule is CN(CC(=O)OC(C)(C)C)C(=O)[C@@H](N)Cc1ccc(F)cc1. The fourth-order valence-electron chi connectivity index (χ4n) is 1.89. The lowest BCUT2D eigenvalue weighted by Gasteiger charge is -2.24. The van der Waals surface area contributed by atoms with Gasteiger partial charge in [0.05, 0.1) is 6.04 Å². The van der Waals surface area contributed by atoms with E-state index in [2.05, 4.69) is 0 Å². The molecule has 2 N–H and O–H groups in total. The van der Waals surface area contributed by atoms with Crippen LogP contribution in [0.2, 0.25) is 0 Å². The number of esters is 1. The van der Waals surface area contributed by atoms with E-state index in [0.717, 1.165) is 5.56 Å². The monoisotopic (exact) mass is 310 g/mol. The molecule has 0 radical (unpaired) electrons. The summed E-state index contributed by atoms with van der Waals surface area (Å²) in [6, 6.07) is 5.00. The molecule has 1 rings (SSSR count). The van der Waals surface area contributed by atoms with Crippen LogP contribution >= 0.6 is 0 Å². The molecule has 0 saturated heterocycles. The highest BCUT2D eigenvalue weighted by Crippen LogP contribution is 2.09. The molecule has 0 saturated carbocycles. The lowest BCUT2D eigenvalue weighted by molar-refractivity contribution is -0.158. The first kappa shape index (κ1) is 18.1. The Morgan fingerprint density at radius 2 is 1.82 bits per heavy atom. The molecule has 1 amide bonds. The van der Waals surface area contributed by atoms with E-state index in [1.165, 1.54) is 24.1 Å². The second kappa shape index (κ2) is 7.35. The van der Waals surface area contributed by atoms with Crippen molar-refractivity contribution in [2.45, 2.75) is 38.8 Å². The number of likely N-dealkylation sites (N-methyl/N-ethyl adjacent to an activating group) is 1. The van der Waals surface area contributed by atoms with Gasteiger partial charge in [-0.2, -0.15) is 0 Å². The van der Waals surface area contributed by atoms with Gasteiger partial charge in [0.1, 0.15) is 18.0 Å². The number of benzene rings is 1.